The molecule has 1 unspecified atom stereocenters. The highest BCUT2D eigenvalue weighted by Crippen LogP contribution is 2.38. The van der Waals surface area contributed by atoms with Crippen LogP contribution in [0.4, 0.5) is 0 Å². The Balaban J connectivity index is 2.17. The summed E-state index contributed by atoms with van der Waals surface area (Å²) in [6.45, 7) is 3.08. The number of nitrogens with one attached hydrogen (secondary N) is 1. The Morgan fingerprint density at radius 2 is 1.75 bits per heavy atom. The van der Waals surface area contributed by atoms with Gasteiger partial charge in [-0.1, -0.05) is 40.2 Å². The summed E-state index contributed by atoms with van der Waals surface area (Å²) in [5.74, 6) is -0.130. The van der Waals surface area contributed by atoms with E-state index in [0.717, 1.165) is 4.47 Å². The topological polar surface area (TPSA) is 75.7 Å². The van der Waals surface area contributed by atoms with Crippen molar-refractivity contribution >= 4 is 49.3 Å². The molecule has 1 aliphatic heterocycles. The summed E-state index contributed by atoms with van der Waals surface area (Å²) in [6, 6.07) is 13.8. The lowest BCUT2D eigenvalue weighted by Gasteiger charge is -2.28. The number of nitrogens with zero attached hydrogens (tertiary/aromatic N) is 1. The zero-order valence-corrected chi connectivity index (χ0v) is 18.7. The van der Waals surface area contributed by atoms with Gasteiger partial charge in [0.1, 0.15) is 5.75 Å². The van der Waals surface area contributed by atoms with Gasteiger partial charge in [0.2, 0.25) is 0 Å². The molecule has 1 atom stereocenters. The van der Waals surface area contributed by atoms with E-state index in [9.17, 15) is 13.2 Å². The normalized spacial score (nSPS) is 19.8. The highest BCUT2D eigenvalue weighted by Gasteiger charge is 2.51. The van der Waals surface area contributed by atoms with Crippen LogP contribution in [0.1, 0.15) is 25.0 Å². The average molecular weight is 483 g/mol. The predicted molar refractivity (Wildman–Crippen MR) is 115 cm³/mol. The molecule has 0 aliphatic carbocycles. The fraction of sp³-hybridized carbons (Fsp3) is 0.263. The van der Waals surface area contributed by atoms with Crippen molar-refractivity contribution in [3.05, 3.63) is 64.1 Å². The van der Waals surface area contributed by atoms with E-state index in [-0.39, 0.29) is 16.8 Å². The molecule has 0 spiro atoms. The Labute approximate surface area is 178 Å². The molecule has 0 radical (unpaired) electrons. The lowest BCUT2D eigenvalue weighted by atomic mass is 9.82. The maximum absolute atomic E-state index is 13.3. The Kier molecular flexibility index (Phi) is 5.53. The highest BCUT2D eigenvalue weighted by atomic mass is 79.9. The first-order valence-electron chi connectivity index (χ1n) is 8.48. The molecule has 1 N–H and O–H groups in total. The number of hydrogen-bond donors (Lipinski definition) is 1. The van der Waals surface area contributed by atoms with Crippen molar-refractivity contribution in [1.82, 2.24) is 10.2 Å². The van der Waals surface area contributed by atoms with Crippen LogP contribution in [0.25, 0.3) is 0 Å². The molecule has 0 bridgehead atoms. The minimum atomic E-state index is -3.77. The highest BCUT2D eigenvalue weighted by molar-refractivity contribution is 9.10. The molecule has 28 heavy (non-hydrogen) atoms. The van der Waals surface area contributed by atoms with Crippen LogP contribution in [0.2, 0.25) is 0 Å². The molecule has 1 aliphatic rings. The van der Waals surface area contributed by atoms with Crippen LogP contribution in [-0.4, -0.2) is 36.6 Å². The molecule has 1 saturated heterocycles. The molecule has 2 aromatic rings. The van der Waals surface area contributed by atoms with E-state index in [2.05, 4.69) is 21.2 Å². The SMILES string of the molecule is CC(C)S(=O)(=O)Oc1cccc(C2(c3cccc(Br)c3)NC(=S)N(C)C2=O)c1. The first-order valence-corrected chi connectivity index (χ1v) is 11.2. The minimum absolute atomic E-state index is 0.135. The van der Waals surface area contributed by atoms with Crippen LogP contribution < -0.4 is 9.50 Å². The second-order valence-corrected chi connectivity index (χ2v) is 10.1. The van der Waals surface area contributed by atoms with E-state index < -0.39 is 20.9 Å². The third-order valence-electron chi connectivity index (χ3n) is 4.54. The van der Waals surface area contributed by atoms with Gasteiger partial charge < -0.3 is 9.50 Å². The van der Waals surface area contributed by atoms with Gasteiger partial charge in [0.15, 0.2) is 10.7 Å². The van der Waals surface area contributed by atoms with E-state index >= 15 is 0 Å². The smallest absolute Gasteiger partial charge is 0.311 e. The van der Waals surface area contributed by atoms with Crippen molar-refractivity contribution in [3.8, 4) is 5.75 Å². The van der Waals surface area contributed by atoms with Gasteiger partial charge in [0, 0.05) is 11.5 Å². The van der Waals surface area contributed by atoms with E-state index in [1.165, 1.54) is 18.7 Å². The van der Waals surface area contributed by atoms with Crippen molar-refractivity contribution in [2.75, 3.05) is 7.05 Å². The molecular formula is C19H19BrN2O4S2. The van der Waals surface area contributed by atoms with Crippen LogP contribution >= 0.6 is 28.1 Å². The summed E-state index contributed by atoms with van der Waals surface area (Å²) in [4.78, 5) is 14.6. The molecule has 148 valence electrons. The Bertz CT molecular complexity index is 1060. The van der Waals surface area contributed by atoms with Gasteiger partial charge in [-0.2, -0.15) is 8.42 Å². The van der Waals surface area contributed by atoms with Crippen LogP contribution in [0.15, 0.2) is 53.0 Å². The first-order chi connectivity index (χ1) is 13.1. The molecule has 1 fully saturated rings. The summed E-state index contributed by atoms with van der Waals surface area (Å²) in [7, 11) is -2.17. The van der Waals surface area contributed by atoms with Gasteiger partial charge >= 0.3 is 10.1 Å². The van der Waals surface area contributed by atoms with Crippen molar-refractivity contribution < 1.29 is 17.4 Å². The van der Waals surface area contributed by atoms with E-state index in [4.69, 9.17) is 16.4 Å². The summed E-state index contributed by atoms with van der Waals surface area (Å²) in [5.41, 5.74) is -0.0856. The van der Waals surface area contributed by atoms with Gasteiger partial charge in [0.25, 0.3) is 5.91 Å². The quantitative estimate of drug-likeness (QED) is 0.520. The number of benzene rings is 2. The molecule has 6 nitrogen and oxygen atoms in total. The minimum Gasteiger partial charge on any atom is -0.382 e. The van der Waals surface area contributed by atoms with Gasteiger partial charge in [-0.05, 0) is 61.5 Å². The second kappa shape index (κ2) is 7.46. The van der Waals surface area contributed by atoms with Crippen molar-refractivity contribution in [3.63, 3.8) is 0 Å². The zero-order valence-electron chi connectivity index (χ0n) is 15.5. The maximum Gasteiger partial charge on any atom is 0.311 e. The van der Waals surface area contributed by atoms with Gasteiger partial charge in [-0.15, -0.1) is 0 Å². The zero-order chi connectivity index (χ0) is 20.7. The molecule has 3 rings (SSSR count). The molecule has 2 aromatic carbocycles. The molecule has 1 amide bonds. The van der Waals surface area contributed by atoms with Crippen molar-refractivity contribution in [1.29, 1.82) is 0 Å². The predicted octanol–water partition coefficient (Wildman–Crippen LogP) is 3.16. The third-order valence-corrected chi connectivity index (χ3v) is 6.99. The molecular weight excluding hydrogens is 464 g/mol. The number of halogens is 1. The Hall–Kier alpha value is -1.97. The Morgan fingerprint density at radius 3 is 2.29 bits per heavy atom. The number of rotatable bonds is 5. The van der Waals surface area contributed by atoms with E-state index in [1.807, 2.05) is 24.3 Å². The fourth-order valence-corrected chi connectivity index (χ4v) is 4.13. The maximum atomic E-state index is 13.3. The number of carbonyl (C=O) groups is 1. The Morgan fingerprint density at radius 1 is 1.14 bits per heavy atom. The van der Waals surface area contributed by atoms with E-state index in [0.29, 0.717) is 11.1 Å². The number of likely N-dealkylation sites (N-methyl/N-ethyl adjacent to an activating group) is 1. The molecule has 9 heteroatoms. The van der Waals surface area contributed by atoms with Crippen LogP contribution in [0.3, 0.4) is 0 Å². The summed E-state index contributed by atoms with van der Waals surface area (Å²) < 4.78 is 30.3. The molecule has 0 aromatic heterocycles. The van der Waals surface area contributed by atoms with E-state index in [1.54, 1.807) is 31.3 Å². The molecule has 0 saturated carbocycles. The lowest BCUT2D eigenvalue weighted by molar-refractivity contribution is -0.129. The number of carbonyl (C=O) groups excluding carboxylic acids is 1. The van der Waals surface area contributed by atoms with Crippen LogP contribution in [0, 0.1) is 0 Å². The van der Waals surface area contributed by atoms with Gasteiger partial charge in [0.05, 0.1) is 5.25 Å². The largest absolute Gasteiger partial charge is 0.382 e. The van der Waals surface area contributed by atoms with Crippen molar-refractivity contribution in [2.24, 2.45) is 0 Å². The van der Waals surface area contributed by atoms with Gasteiger partial charge in [-0.3, -0.25) is 9.69 Å². The lowest BCUT2D eigenvalue weighted by Crippen LogP contribution is -2.45. The number of amides is 1. The second-order valence-electron chi connectivity index (χ2n) is 6.71. The van der Waals surface area contributed by atoms with Gasteiger partial charge in [-0.25, -0.2) is 0 Å². The summed E-state index contributed by atoms with van der Waals surface area (Å²) in [5, 5.41) is 2.71. The number of thiocarbonyl (C=S) groups is 1. The van der Waals surface area contributed by atoms with Crippen LogP contribution in [-0.2, 0) is 20.5 Å². The fourth-order valence-electron chi connectivity index (χ4n) is 2.93. The average Bonchev–Trinajstić information content (AvgIpc) is 2.86. The number of hydrogen-bond acceptors (Lipinski definition) is 5. The van der Waals surface area contributed by atoms with Crippen molar-refractivity contribution in [2.45, 2.75) is 24.6 Å². The standard InChI is InChI=1S/C19H19BrN2O4S2/c1-12(2)28(24,25)26-16-9-5-7-14(11-16)19(13-6-4-8-15(20)10-13)17(23)22(3)18(27)21-19/h4-12H,1-3H3,(H,21,27). The monoisotopic (exact) mass is 482 g/mol. The van der Waals surface area contributed by atoms with Crippen LogP contribution in [0.5, 0.6) is 5.75 Å². The molecule has 1 heterocycles. The first kappa shape index (κ1) is 20.8. The summed E-state index contributed by atoms with van der Waals surface area (Å²) in [6.07, 6.45) is 0. The third kappa shape index (κ3) is 3.54. The summed E-state index contributed by atoms with van der Waals surface area (Å²) >= 11 is 8.75.